The molecule has 0 amide bonds. The van der Waals surface area contributed by atoms with Gasteiger partial charge in [0.05, 0.1) is 16.3 Å². The van der Waals surface area contributed by atoms with E-state index >= 15 is 0 Å². The van der Waals surface area contributed by atoms with Crippen LogP contribution in [-0.4, -0.2) is 30.5 Å². The highest BCUT2D eigenvalue weighted by Crippen LogP contribution is 2.27. The van der Waals surface area contributed by atoms with Gasteiger partial charge in [0.25, 0.3) is 5.56 Å². The maximum atomic E-state index is 13.3. The molecule has 0 aliphatic heterocycles. The number of aromatic nitrogens is 5. The predicted molar refractivity (Wildman–Crippen MR) is 151 cm³/mol. The van der Waals surface area contributed by atoms with Crippen LogP contribution in [0.3, 0.4) is 0 Å². The van der Waals surface area contributed by atoms with E-state index in [0.29, 0.717) is 20.3 Å². The first-order valence-corrected chi connectivity index (χ1v) is 13.2. The molecule has 7 nitrogen and oxygen atoms in total. The first-order valence-electron chi connectivity index (χ1n) is 12.0. The maximum Gasteiger partial charge on any atom is 0.291 e. The number of hydrogen-bond donors (Lipinski definition) is 0. The van der Waals surface area contributed by atoms with Crippen LogP contribution in [0.1, 0.15) is 19.4 Å². The monoisotopic (exact) mass is 539 g/mol. The van der Waals surface area contributed by atoms with E-state index in [4.69, 9.17) is 21.4 Å². The van der Waals surface area contributed by atoms with Gasteiger partial charge in [-0.15, -0.1) is 5.10 Å². The molecule has 0 saturated carbocycles. The Labute approximate surface area is 227 Å². The minimum absolute atomic E-state index is 0.0871. The molecule has 0 aliphatic rings. The molecule has 3 aromatic carbocycles. The van der Waals surface area contributed by atoms with E-state index in [9.17, 15) is 4.79 Å². The second-order valence-corrected chi connectivity index (χ2v) is 10.4. The van der Waals surface area contributed by atoms with Crippen molar-refractivity contribution in [1.29, 1.82) is 0 Å². The smallest absolute Gasteiger partial charge is 0.291 e. The molecule has 0 unspecified atom stereocenters. The summed E-state index contributed by atoms with van der Waals surface area (Å²) < 4.78 is 9.49. The van der Waals surface area contributed by atoms with Crippen LogP contribution in [0.4, 0.5) is 0 Å². The maximum absolute atomic E-state index is 13.3. The average molecular weight is 540 g/mol. The van der Waals surface area contributed by atoms with Gasteiger partial charge in [0.1, 0.15) is 11.4 Å². The summed E-state index contributed by atoms with van der Waals surface area (Å²) in [5.41, 5.74) is 3.98. The zero-order chi connectivity index (χ0) is 26.2. The molecule has 38 heavy (non-hydrogen) atoms. The molecule has 0 aliphatic carbocycles. The molecule has 188 valence electrons. The van der Waals surface area contributed by atoms with E-state index in [1.54, 1.807) is 12.1 Å². The first kappa shape index (κ1) is 24.1. The van der Waals surface area contributed by atoms with Crippen molar-refractivity contribution in [3.8, 4) is 34.1 Å². The number of fused-ring (bicyclic) bond motifs is 1. The Kier molecular flexibility index (Phi) is 6.27. The fraction of sp³-hybridized carbons (Fsp3) is 0.103. The second-order valence-electron chi connectivity index (χ2n) is 8.96. The lowest BCUT2D eigenvalue weighted by atomic mass is 10.1. The van der Waals surface area contributed by atoms with Crippen molar-refractivity contribution < 1.29 is 4.74 Å². The van der Waals surface area contributed by atoms with Gasteiger partial charge in [-0.3, -0.25) is 4.79 Å². The fourth-order valence-electron chi connectivity index (χ4n) is 4.09. The summed E-state index contributed by atoms with van der Waals surface area (Å²) >= 11 is 7.29. The minimum atomic E-state index is -0.225. The van der Waals surface area contributed by atoms with Crippen molar-refractivity contribution in [3.05, 3.63) is 111 Å². The van der Waals surface area contributed by atoms with Crippen molar-refractivity contribution in [2.45, 2.75) is 20.0 Å². The molecule has 0 N–H and O–H groups in total. The summed E-state index contributed by atoms with van der Waals surface area (Å²) in [6, 6.07) is 24.9. The molecule has 0 atom stereocenters. The van der Waals surface area contributed by atoms with Crippen molar-refractivity contribution >= 4 is 34.0 Å². The Morgan fingerprint density at radius 2 is 1.63 bits per heavy atom. The SMILES string of the molecule is CC(C)Oc1ccc(-c2nn(-c3ccccc3)cc2C=c2sc3nc(-c4ccc(Cl)cc4)nn3c2=O)cc1. The van der Waals surface area contributed by atoms with Gasteiger partial charge in [-0.05, 0) is 80.6 Å². The average Bonchev–Trinajstić information content (AvgIpc) is 3.60. The standard InChI is InChI=1S/C29H22ClN5O2S/c1-18(2)37-24-14-10-19(11-15-24)26-21(17-34(32-26)23-6-4-3-5-7-23)16-25-28(36)35-29(38-25)31-27(33-35)20-8-12-22(30)13-9-20/h3-18H,1-2H3. The van der Waals surface area contributed by atoms with E-state index in [1.165, 1.54) is 15.9 Å². The number of rotatable bonds is 6. The van der Waals surface area contributed by atoms with Gasteiger partial charge in [0, 0.05) is 27.9 Å². The van der Waals surface area contributed by atoms with Gasteiger partial charge in [0.15, 0.2) is 5.82 Å². The molecule has 6 rings (SSSR count). The van der Waals surface area contributed by atoms with Crippen molar-refractivity contribution in [1.82, 2.24) is 24.4 Å². The Balaban J connectivity index is 1.44. The number of hydrogen-bond acceptors (Lipinski definition) is 6. The second kappa shape index (κ2) is 9.89. The lowest BCUT2D eigenvalue weighted by Crippen LogP contribution is -2.23. The number of thiazole rings is 1. The lowest BCUT2D eigenvalue weighted by Gasteiger charge is -2.09. The third-order valence-corrected chi connectivity index (χ3v) is 7.04. The van der Waals surface area contributed by atoms with Gasteiger partial charge in [0.2, 0.25) is 4.96 Å². The molecular formula is C29H22ClN5O2S. The van der Waals surface area contributed by atoms with Crippen LogP contribution < -0.4 is 14.8 Å². The summed E-state index contributed by atoms with van der Waals surface area (Å²) in [6.07, 6.45) is 3.87. The van der Waals surface area contributed by atoms with Gasteiger partial charge < -0.3 is 4.74 Å². The summed E-state index contributed by atoms with van der Waals surface area (Å²) in [5.74, 6) is 1.28. The quantitative estimate of drug-likeness (QED) is 0.273. The van der Waals surface area contributed by atoms with E-state index in [2.05, 4.69) is 10.1 Å². The molecule has 0 spiro atoms. The van der Waals surface area contributed by atoms with Crippen molar-refractivity contribution in [2.75, 3.05) is 0 Å². The molecule has 3 heterocycles. The topological polar surface area (TPSA) is 74.3 Å². The highest BCUT2D eigenvalue weighted by molar-refractivity contribution is 7.15. The number of benzene rings is 3. The summed E-state index contributed by atoms with van der Waals surface area (Å²) in [7, 11) is 0. The fourth-order valence-corrected chi connectivity index (χ4v) is 5.11. The van der Waals surface area contributed by atoms with E-state index in [0.717, 1.165) is 33.8 Å². The van der Waals surface area contributed by atoms with Crippen LogP contribution in [0.25, 0.3) is 39.4 Å². The van der Waals surface area contributed by atoms with Crippen LogP contribution in [0.2, 0.25) is 5.02 Å². The number of ether oxygens (including phenoxy) is 1. The number of halogens is 1. The summed E-state index contributed by atoms with van der Waals surface area (Å²) in [6.45, 7) is 3.99. The van der Waals surface area contributed by atoms with Gasteiger partial charge >= 0.3 is 0 Å². The molecular weight excluding hydrogens is 518 g/mol. The lowest BCUT2D eigenvalue weighted by molar-refractivity contribution is 0.242. The van der Waals surface area contributed by atoms with Gasteiger partial charge in [-0.25, -0.2) is 4.68 Å². The molecule has 0 fully saturated rings. The van der Waals surface area contributed by atoms with Crippen molar-refractivity contribution in [2.24, 2.45) is 0 Å². The Morgan fingerprint density at radius 3 is 2.32 bits per heavy atom. The van der Waals surface area contributed by atoms with Crippen LogP contribution in [-0.2, 0) is 0 Å². The van der Waals surface area contributed by atoms with Crippen LogP contribution >= 0.6 is 22.9 Å². The molecule has 3 aromatic heterocycles. The van der Waals surface area contributed by atoms with E-state index in [1.807, 2.05) is 97.5 Å². The van der Waals surface area contributed by atoms with Gasteiger partial charge in [-0.1, -0.05) is 41.1 Å². The van der Waals surface area contributed by atoms with E-state index in [-0.39, 0.29) is 11.7 Å². The predicted octanol–water partition coefficient (Wildman–Crippen LogP) is 5.66. The number of para-hydroxylation sites is 1. The van der Waals surface area contributed by atoms with Crippen LogP contribution in [0.15, 0.2) is 89.9 Å². The Hall–Kier alpha value is -4.27. The molecule has 0 saturated heterocycles. The third kappa shape index (κ3) is 4.71. The summed E-state index contributed by atoms with van der Waals surface area (Å²) in [5, 5.41) is 9.94. The normalized spacial score (nSPS) is 12.1. The Bertz CT molecular complexity index is 1840. The van der Waals surface area contributed by atoms with Gasteiger partial charge in [-0.2, -0.15) is 14.6 Å². The number of nitrogens with zero attached hydrogens (tertiary/aromatic N) is 5. The van der Waals surface area contributed by atoms with Crippen LogP contribution in [0.5, 0.6) is 5.75 Å². The third-order valence-electron chi connectivity index (χ3n) is 5.83. The first-order chi connectivity index (χ1) is 18.4. The zero-order valence-corrected chi connectivity index (χ0v) is 22.1. The Morgan fingerprint density at radius 1 is 0.921 bits per heavy atom. The minimum Gasteiger partial charge on any atom is -0.491 e. The van der Waals surface area contributed by atoms with Crippen LogP contribution in [0, 0.1) is 0 Å². The van der Waals surface area contributed by atoms with Crippen molar-refractivity contribution in [3.63, 3.8) is 0 Å². The highest BCUT2D eigenvalue weighted by Gasteiger charge is 2.15. The molecule has 6 aromatic rings. The highest BCUT2D eigenvalue weighted by atomic mass is 35.5. The molecule has 0 bridgehead atoms. The zero-order valence-electron chi connectivity index (χ0n) is 20.6. The van der Waals surface area contributed by atoms with E-state index < -0.39 is 0 Å². The molecule has 0 radical (unpaired) electrons. The summed E-state index contributed by atoms with van der Waals surface area (Å²) in [4.78, 5) is 18.4. The molecule has 9 heteroatoms. The largest absolute Gasteiger partial charge is 0.491 e.